The third-order valence-corrected chi connectivity index (χ3v) is 7.92. The molecule has 2 nitrogen and oxygen atoms in total. The summed E-state index contributed by atoms with van der Waals surface area (Å²) in [6, 6.07) is 8.34. The molecule has 2 fully saturated rings. The van der Waals surface area contributed by atoms with Crippen LogP contribution in [0.5, 0.6) is 0 Å². The predicted molar refractivity (Wildman–Crippen MR) is 110 cm³/mol. The topological polar surface area (TPSA) is 34.1 Å². The highest BCUT2D eigenvalue weighted by Gasteiger charge is 2.56. The van der Waals surface area contributed by atoms with Crippen LogP contribution in [0.1, 0.15) is 68.9 Å². The van der Waals surface area contributed by atoms with E-state index in [0.717, 1.165) is 44.1 Å². The van der Waals surface area contributed by atoms with Crippen LogP contribution in [0.15, 0.2) is 47.1 Å². The first-order chi connectivity index (χ1) is 13.5. The molecule has 0 amide bonds. The van der Waals surface area contributed by atoms with Gasteiger partial charge >= 0.3 is 0 Å². The van der Waals surface area contributed by atoms with Crippen LogP contribution in [0.2, 0.25) is 0 Å². The fourth-order valence-corrected chi connectivity index (χ4v) is 6.54. The maximum Gasteiger partial charge on any atom is 0.156 e. The number of carbonyl (C=O) groups is 2. The van der Waals surface area contributed by atoms with Gasteiger partial charge in [0.2, 0.25) is 0 Å². The maximum absolute atomic E-state index is 12.9. The first kappa shape index (κ1) is 17.7. The van der Waals surface area contributed by atoms with E-state index in [1.165, 1.54) is 22.3 Å². The number of Topliss-reactive ketones (excluding diaryl/α,β-unsaturated/α-hetero) is 1. The van der Waals surface area contributed by atoms with Crippen molar-refractivity contribution in [1.82, 2.24) is 0 Å². The Hall–Kier alpha value is -2.40. The van der Waals surface area contributed by atoms with Crippen molar-refractivity contribution in [1.29, 1.82) is 0 Å². The maximum atomic E-state index is 12.9. The van der Waals surface area contributed by atoms with E-state index in [0.29, 0.717) is 24.0 Å². The number of hydrogen-bond acceptors (Lipinski definition) is 2. The zero-order valence-corrected chi connectivity index (χ0v) is 16.5. The van der Waals surface area contributed by atoms with E-state index in [1.807, 2.05) is 18.2 Å². The smallest absolute Gasteiger partial charge is 0.156 e. The van der Waals surface area contributed by atoms with E-state index >= 15 is 0 Å². The quantitative estimate of drug-likeness (QED) is 0.642. The van der Waals surface area contributed by atoms with Crippen LogP contribution < -0.4 is 0 Å². The standard InChI is InChI=1S/C26H26O2/c1-3-16-4-6-17(7-5-16)22-15-26(2)23(12-13-24(26)28)21-10-8-18-14-19(27)9-11-20(18)25(21)22/h1,4-7,14,21-23H,8-13,15H2,2H3/t21-,22+,23-,26-/m0/s1. The number of benzene rings is 1. The van der Waals surface area contributed by atoms with E-state index < -0.39 is 0 Å². The van der Waals surface area contributed by atoms with Gasteiger partial charge in [0.1, 0.15) is 5.78 Å². The average molecular weight is 370 g/mol. The van der Waals surface area contributed by atoms with Crippen LogP contribution in [0, 0.1) is 29.6 Å². The number of allylic oxidation sites excluding steroid dienone is 4. The fraction of sp³-hybridized carbons (Fsp3) is 0.462. The summed E-state index contributed by atoms with van der Waals surface area (Å²) in [5.41, 5.74) is 6.18. The summed E-state index contributed by atoms with van der Waals surface area (Å²) in [6.07, 6.45) is 13.6. The first-order valence-corrected chi connectivity index (χ1v) is 10.6. The molecule has 4 aliphatic carbocycles. The van der Waals surface area contributed by atoms with Crippen molar-refractivity contribution in [2.75, 3.05) is 0 Å². The Morgan fingerprint density at radius 2 is 1.82 bits per heavy atom. The molecule has 0 saturated heterocycles. The molecule has 1 aromatic rings. The van der Waals surface area contributed by atoms with Crippen molar-refractivity contribution in [2.24, 2.45) is 17.3 Å². The third-order valence-electron chi connectivity index (χ3n) is 7.92. The molecule has 0 radical (unpaired) electrons. The van der Waals surface area contributed by atoms with Crippen molar-refractivity contribution in [3.8, 4) is 12.3 Å². The zero-order chi connectivity index (χ0) is 19.5. The molecule has 0 bridgehead atoms. The Balaban J connectivity index is 1.68. The molecule has 4 atom stereocenters. The molecule has 0 N–H and O–H groups in total. The lowest BCUT2D eigenvalue weighted by atomic mass is 9.53. The average Bonchev–Trinajstić information content (AvgIpc) is 3.01. The summed E-state index contributed by atoms with van der Waals surface area (Å²) in [6.45, 7) is 2.22. The molecule has 1 aromatic carbocycles. The predicted octanol–water partition coefficient (Wildman–Crippen LogP) is 5.14. The molecule has 0 aliphatic heterocycles. The number of fused-ring (bicyclic) bond motifs is 4. The molecule has 28 heavy (non-hydrogen) atoms. The minimum Gasteiger partial charge on any atom is -0.299 e. The van der Waals surface area contributed by atoms with Gasteiger partial charge in [-0.3, -0.25) is 9.59 Å². The van der Waals surface area contributed by atoms with Crippen LogP contribution in [-0.4, -0.2) is 11.6 Å². The van der Waals surface area contributed by atoms with Crippen molar-refractivity contribution < 1.29 is 9.59 Å². The van der Waals surface area contributed by atoms with Gasteiger partial charge in [-0.05, 0) is 78.9 Å². The van der Waals surface area contributed by atoms with Gasteiger partial charge < -0.3 is 0 Å². The lowest BCUT2D eigenvalue weighted by Gasteiger charge is -2.50. The van der Waals surface area contributed by atoms with E-state index in [4.69, 9.17) is 6.42 Å². The molecule has 0 unspecified atom stereocenters. The second-order valence-corrected chi connectivity index (χ2v) is 9.22. The normalized spacial score (nSPS) is 34.3. The highest BCUT2D eigenvalue weighted by molar-refractivity contribution is 5.93. The van der Waals surface area contributed by atoms with E-state index in [-0.39, 0.29) is 17.1 Å². The van der Waals surface area contributed by atoms with Crippen molar-refractivity contribution in [2.45, 2.75) is 57.8 Å². The molecular formula is C26H26O2. The summed E-state index contributed by atoms with van der Waals surface area (Å²) < 4.78 is 0. The monoisotopic (exact) mass is 370 g/mol. The van der Waals surface area contributed by atoms with Crippen molar-refractivity contribution in [3.05, 3.63) is 58.2 Å². The molecule has 5 rings (SSSR count). The number of ketones is 2. The molecule has 0 aromatic heterocycles. The van der Waals surface area contributed by atoms with Crippen LogP contribution in [-0.2, 0) is 9.59 Å². The largest absolute Gasteiger partial charge is 0.299 e. The minimum absolute atomic E-state index is 0.212. The van der Waals surface area contributed by atoms with Crippen LogP contribution in [0.25, 0.3) is 0 Å². The Kier molecular flexibility index (Phi) is 3.98. The van der Waals surface area contributed by atoms with Gasteiger partial charge in [-0.2, -0.15) is 0 Å². The SMILES string of the molecule is C#Cc1ccc([C@H]2C[C@]3(C)C(=O)CC[C@H]3[C@@H]3CCC4=CC(=O)CCC4=C32)cc1. The number of hydrogen-bond donors (Lipinski definition) is 0. The van der Waals surface area contributed by atoms with Gasteiger partial charge in [0.25, 0.3) is 0 Å². The first-order valence-electron chi connectivity index (χ1n) is 10.6. The molecule has 2 saturated carbocycles. The highest BCUT2D eigenvalue weighted by atomic mass is 16.1. The third kappa shape index (κ3) is 2.49. The highest BCUT2D eigenvalue weighted by Crippen LogP contribution is 2.62. The Morgan fingerprint density at radius 1 is 1.04 bits per heavy atom. The van der Waals surface area contributed by atoms with E-state index in [9.17, 15) is 9.59 Å². The lowest BCUT2D eigenvalue weighted by Crippen LogP contribution is -2.43. The number of rotatable bonds is 1. The van der Waals surface area contributed by atoms with Crippen LogP contribution >= 0.6 is 0 Å². The Labute approximate surface area is 167 Å². The second-order valence-electron chi connectivity index (χ2n) is 9.22. The Bertz CT molecular complexity index is 969. The van der Waals surface area contributed by atoms with Gasteiger partial charge in [0.15, 0.2) is 5.78 Å². The summed E-state index contributed by atoms with van der Waals surface area (Å²) >= 11 is 0. The lowest BCUT2D eigenvalue weighted by molar-refractivity contribution is -0.128. The van der Waals surface area contributed by atoms with Gasteiger partial charge in [-0.15, -0.1) is 6.42 Å². The minimum atomic E-state index is -0.212. The number of terminal acetylenes is 1. The van der Waals surface area contributed by atoms with E-state index in [2.05, 4.69) is 25.0 Å². The summed E-state index contributed by atoms with van der Waals surface area (Å²) in [7, 11) is 0. The van der Waals surface area contributed by atoms with E-state index in [1.54, 1.807) is 0 Å². The molecule has 2 heteroatoms. The fourth-order valence-electron chi connectivity index (χ4n) is 6.54. The number of carbonyl (C=O) groups excluding carboxylic acids is 2. The van der Waals surface area contributed by atoms with Gasteiger partial charge in [-0.25, -0.2) is 0 Å². The van der Waals surface area contributed by atoms with Gasteiger partial charge in [0, 0.05) is 29.7 Å². The summed E-state index contributed by atoms with van der Waals surface area (Å²) in [4.78, 5) is 24.9. The Morgan fingerprint density at radius 3 is 2.57 bits per heavy atom. The van der Waals surface area contributed by atoms with Gasteiger partial charge in [0.05, 0.1) is 0 Å². The van der Waals surface area contributed by atoms with Crippen LogP contribution in [0.3, 0.4) is 0 Å². The second kappa shape index (κ2) is 6.31. The summed E-state index contributed by atoms with van der Waals surface area (Å²) in [5.74, 6) is 4.61. The zero-order valence-electron chi connectivity index (χ0n) is 16.5. The molecule has 0 spiro atoms. The molecule has 142 valence electrons. The molecule has 0 heterocycles. The van der Waals surface area contributed by atoms with Gasteiger partial charge in [-0.1, -0.05) is 30.6 Å². The van der Waals surface area contributed by atoms with Crippen molar-refractivity contribution >= 4 is 11.6 Å². The molecular weight excluding hydrogens is 344 g/mol. The summed E-state index contributed by atoms with van der Waals surface area (Å²) in [5, 5.41) is 0. The van der Waals surface area contributed by atoms with Crippen LogP contribution in [0.4, 0.5) is 0 Å². The molecule has 4 aliphatic rings. The van der Waals surface area contributed by atoms with Crippen molar-refractivity contribution in [3.63, 3.8) is 0 Å².